The molecule has 0 saturated carbocycles. The quantitative estimate of drug-likeness (QED) is 0.368. The molecular weight excluding hydrogens is 403 g/mol. The largest absolute Gasteiger partial charge is 0.497 e. The highest BCUT2D eigenvalue weighted by molar-refractivity contribution is 7.73. The lowest BCUT2D eigenvalue weighted by molar-refractivity contribution is 0.0513. The van der Waals surface area contributed by atoms with Crippen LogP contribution in [0.25, 0.3) is 0 Å². The van der Waals surface area contributed by atoms with Gasteiger partial charge in [-0.2, -0.15) is 0 Å². The maximum absolute atomic E-state index is 6.01. The molecule has 0 atom stereocenters. The Kier molecular flexibility index (Phi) is 9.70. The molecule has 0 spiro atoms. The molecular formula is C23H33O6P. The van der Waals surface area contributed by atoms with E-state index in [1.807, 2.05) is 26.0 Å². The molecule has 6 nitrogen and oxygen atoms in total. The summed E-state index contributed by atoms with van der Waals surface area (Å²) in [6.07, 6.45) is 1.97. The van der Waals surface area contributed by atoms with Crippen LogP contribution in [-0.2, 0) is 9.47 Å². The second-order valence-corrected chi connectivity index (χ2v) is 9.11. The van der Waals surface area contributed by atoms with Crippen molar-refractivity contribution in [3.05, 3.63) is 35.4 Å². The minimum Gasteiger partial charge on any atom is -0.497 e. The zero-order chi connectivity index (χ0) is 22.1. The number of aryl methyl sites for hydroxylation is 2. The Labute approximate surface area is 181 Å². The van der Waals surface area contributed by atoms with Gasteiger partial charge in [0.15, 0.2) is 13.6 Å². The van der Waals surface area contributed by atoms with E-state index in [4.69, 9.17) is 28.4 Å². The molecule has 0 saturated heterocycles. The van der Waals surface area contributed by atoms with E-state index in [0.717, 1.165) is 57.3 Å². The third kappa shape index (κ3) is 5.78. The summed E-state index contributed by atoms with van der Waals surface area (Å²) in [7, 11) is 5.78. The third-order valence-electron chi connectivity index (χ3n) is 4.60. The van der Waals surface area contributed by atoms with Crippen molar-refractivity contribution in [1.29, 1.82) is 0 Å². The van der Waals surface area contributed by atoms with Crippen LogP contribution in [0.3, 0.4) is 0 Å². The Hall–Kier alpha value is -2.01. The third-order valence-corrected chi connectivity index (χ3v) is 7.32. The number of benzene rings is 2. The minimum absolute atomic E-state index is 0.180. The second kappa shape index (κ2) is 12.0. The van der Waals surface area contributed by atoms with Crippen molar-refractivity contribution in [3.8, 4) is 23.0 Å². The van der Waals surface area contributed by atoms with Crippen LogP contribution in [0.1, 0.15) is 24.5 Å². The predicted molar refractivity (Wildman–Crippen MR) is 122 cm³/mol. The zero-order valence-corrected chi connectivity index (χ0v) is 19.9. The van der Waals surface area contributed by atoms with Gasteiger partial charge < -0.3 is 28.4 Å². The highest BCUT2D eigenvalue weighted by Crippen LogP contribution is 2.44. The van der Waals surface area contributed by atoms with Gasteiger partial charge in [0.1, 0.15) is 23.0 Å². The maximum Gasteiger partial charge on any atom is 0.188 e. The molecule has 30 heavy (non-hydrogen) atoms. The molecule has 0 amide bonds. The van der Waals surface area contributed by atoms with E-state index in [-0.39, 0.29) is 13.6 Å². The van der Waals surface area contributed by atoms with Gasteiger partial charge in [-0.1, -0.05) is 13.3 Å². The van der Waals surface area contributed by atoms with Crippen LogP contribution < -0.4 is 29.6 Å². The van der Waals surface area contributed by atoms with Gasteiger partial charge in [-0.25, -0.2) is 0 Å². The van der Waals surface area contributed by atoms with Crippen LogP contribution in [0, 0.1) is 13.8 Å². The lowest BCUT2D eigenvalue weighted by atomic mass is 10.2. The van der Waals surface area contributed by atoms with E-state index in [9.17, 15) is 0 Å². The number of ether oxygens (including phenoxy) is 6. The van der Waals surface area contributed by atoms with Crippen LogP contribution in [0.5, 0.6) is 23.0 Å². The fourth-order valence-electron chi connectivity index (χ4n) is 3.29. The average molecular weight is 436 g/mol. The van der Waals surface area contributed by atoms with E-state index in [2.05, 4.69) is 19.1 Å². The van der Waals surface area contributed by atoms with E-state index < -0.39 is 7.92 Å². The number of rotatable bonds is 12. The van der Waals surface area contributed by atoms with Gasteiger partial charge in [0.25, 0.3) is 0 Å². The second-order valence-electron chi connectivity index (χ2n) is 6.84. The highest BCUT2D eigenvalue weighted by atomic mass is 31.1. The normalized spacial score (nSPS) is 10.9. The van der Waals surface area contributed by atoms with Gasteiger partial charge in [-0.3, -0.25) is 0 Å². The van der Waals surface area contributed by atoms with Crippen molar-refractivity contribution in [2.75, 3.05) is 48.2 Å². The van der Waals surface area contributed by atoms with Crippen molar-refractivity contribution >= 4 is 18.5 Å². The smallest absolute Gasteiger partial charge is 0.188 e. The van der Waals surface area contributed by atoms with Gasteiger partial charge >= 0.3 is 0 Å². The van der Waals surface area contributed by atoms with Gasteiger partial charge in [0.05, 0.1) is 14.2 Å². The molecule has 0 aromatic heterocycles. The molecule has 2 aromatic rings. The SMILES string of the molecule is CCCP(c1cc(OC)cc(C)c1OCOC)c1cc(OC)cc(C)c1OCOC. The molecule has 0 fully saturated rings. The van der Waals surface area contributed by atoms with Crippen LogP contribution in [-0.4, -0.2) is 48.2 Å². The Morgan fingerprint density at radius 3 is 1.47 bits per heavy atom. The van der Waals surface area contributed by atoms with Crippen molar-refractivity contribution in [2.45, 2.75) is 27.2 Å². The fraction of sp³-hybridized carbons (Fsp3) is 0.478. The first kappa shape index (κ1) is 24.3. The van der Waals surface area contributed by atoms with E-state index in [1.54, 1.807) is 28.4 Å². The Balaban J connectivity index is 2.73. The Morgan fingerprint density at radius 1 is 0.700 bits per heavy atom. The van der Waals surface area contributed by atoms with Crippen molar-refractivity contribution in [2.24, 2.45) is 0 Å². The minimum atomic E-state index is -0.823. The van der Waals surface area contributed by atoms with Crippen LogP contribution in [0.2, 0.25) is 0 Å². The highest BCUT2D eigenvalue weighted by Gasteiger charge is 2.25. The summed E-state index contributed by atoms with van der Waals surface area (Å²) in [5, 5.41) is 2.19. The molecule has 2 aromatic carbocycles. The first-order valence-electron chi connectivity index (χ1n) is 9.88. The van der Waals surface area contributed by atoms with Gasteiger partial charge in [-0.15, -0.1) is 0 Å². The summed E-state index contributed by atoms with van der Waals surface area (Å²) < 4.78 is 33.5. The molecule has 0 radical (unpaired) electrons. The molecule has 0 N–H and O–H groups in total. The first-order chi connectivity index (χ1) is 14.5. The summed E-state index contributed by atoms with van der Waals surface area (Å²) in [6, 6.07) is 8.09. The number of methoxy groups -OCH3 is 4. The molecule has 0 aliphatic heterocycles. The lowest BCUT2D eigenvalue weighted by Crippen LogP contribution is -2.21. The Morgan fingerprint density at radius 2 is 1.13 bits per heavy atom. The summed E-state index contributed by atoms with van der Waals surface area (Å²) in [6.45, 7) is 6.59. The van der Waals surface area contributed by atoms with Crippen molar-refractivity contribution in [3.63, 3.8) is 0 Å². The van der Waals surface area contributed by atoms with Gasteiger partial charge in [-0.05, 0) is 63.3 Å². The monoisotopic (exact) mass is 436 g/mol. The van der Waals surface area contributed by atoms with E-state index >= 15 is 0 Å². The molecule has 0 heterocycles. The van der Waals surface area contributed by atoms with Crippen molar-refractivity contribution < 1.29 is 28.4 Å². The number of hydrogen-bond donors (Lipinski definition) is 0. The molecule has 2 rings (SSSR count). The first-order valence-corrected chi connectivity index (χ1v) is 11.4. The maximum atomic E-state index is 6.01. The average Bonchev–Trinajstić information content (AvgIpc) is 2.75. The summed E-state index contributed by atoms with van der Waals surface area (Å²) in [5.74, 6) is 3.26. The van der Waals surface area contributed by atoms with E-state index in [1.165, 1.54) is 0 Å². The van der Waals surface area contributed by atoms with E-state index in [0.29, 0.717) is 0 Å². The molecule has 7 heteroatoms. The molecule has 0 aliphatic carbocycles. The van der Waals surface area contributed by atoms with Gasteiger partial charge in [0, 0.05) is 24.8 Å². The Bertz CT molecular complexity index is 758. The van der Waals surface area contributed by atoms with Crippen molar-refractivity contribution in [1.82, 2.24) is 0 Å². The summed E-state index contributed by atoms with van der Waals surface area (Å²) in [5.41, 5.74) is 2.01. The van der Waals surface area contributed by atoms with Crippen LogP contribution >= 0.6 is 7.92 Å². The standard InChI is InChI=1S/C23H33O6P/c1-8-9-30(20-12-18(26-6)10-16(2)22(20)28-14-24-4)21-13-19(27-7)11-17(3)23(21)29-15-25-5/h10-13H,8-9,14-15H2,1-7H3. The predicted octanol–water partition coefficient (Wildman–Crippen LogP) is 4.13. The zero-order valence-electron chi connectivity index (χ0n) is 19.0. The van der Waals surface area contributed by atoms with Gasteiger partial charge in [0.2, 0.25) is 0 Å². The fourth-order valence-corrected chi connectivity index (χ4v) is 6.01. The molecule has 0 aliphatic rings. The number of hydrogen-bond acceptors (Lipinski definition) is 6. The molecule has 0 unspecified atom stereocenters. The molecule has 166 valence electrons. The lowest BCUT2D eigenvalue weighted by Gasteiger charge is -2.26. The van der Waals surface area contributed by atoms with Crippen LogP contribution in [0.15, 0.2) is 24.3 Å². The topological polar surface area (TPSA) is 55.4 Å². The van der Waals surface area contributed by atoms with Crippen LogP contribution in [0.4, 0.5) is 0 Å². The summed E-state index contributed by atoms with van der Waals surface area (Å²) >= 11 is 0. The summed E-state index contributed by atoms with van der Waals surface area (Å²) in [4.78, 5) is 0. The molecule has 0 bridgehead atoms.